The van der Waals surface area contributed by atoms with Crippen LogP contribution in [0.2, 0.25) is 0 Å². The molecule has 0 saturated carbocycles. The molecule has 1 fully saturated rings. The molecule has 2 heterocycles. The number of hydrogen-bond acceptors (Lipinski definition) is 4. The number of anilines is 1. The Morgan fingerprint density at radius 3 is 2.78 bits per heavy atom. The summed E-state index contributed by atoms with van der Waals surface area (Å²) in [6, 6.07) is 0.359. The van der Waals surface area contributed by atoms with Gasteiger partial charge in [-0.25, -0.2) is 0 Å². The minimum absolute atomic E-state index is 0.206. The Kier molecular flexibility index (Phi) is 3.86. The fourth-order valence-electron chi connectivity index (χ4n) is 2.25. The molecule has 0 spiro atoms. The van der Waals surface area contributed by atoms with Crippen molar-refractivity contribution in [3.05, 3.63) is 11.4 Å². The first-order chi connectivity index (χ1) is 8.59. The van der Waals surface area contributed by atoms with E-state index in [1.807, 2.05) is 0 Å². The van der Waals surface area contributed by atoms with Gasteiger partial charge in [-0.05, 0) is 39.8 Å². The third-order valence-corrected chi connectivity index (χ3v) is 3.53. The second-order valence-corrected chi connectivity index (χ2v) is 4.91. The summed E-state index contributed by atoms with van der Waals surface area (Å²) in [6.07, 6.45) is 2.51. The van der Waals surface area contributed by atoms with Crippen LogP contribution in [0.25, 0.3) is 0 Å². The van der Waals surface area contributed by atoms with Crippen LogP contribution < -0.4 is 11.1 Å². The summed E-state index contributed by atoms with van der Waals surface area (Å²) in [5.74, 6) is -0.206. The van der Waals surface area contributed by atoms with Crippen LogP contribution >= 0.6 is 0 Å². The van der Waals surface area contributed by atoms with Gasteiger partial charge in [-0.2, -0.15) is 5.10 Å². The number of aryl methyl sites for hydroxylation is 1. The van der Waals surface area contributed by atoms with E-state index >= 15 is 0 Å². The van der Waals surface area contributed by atoms with E-state index in [-0.39, 0.29) is 5.91 Å². The number of carbonyl (C=O) groups is 1. The lowest BCUT2D eigenvalue weighted by atomic mass is 10.2. The van der Waals surface area contributed by atoms with Crippen LogP contribution in [0.15, 0.2) is 0 Å². The number of H-pyrrole nitrogens is 1. The van der Waals surface area contributed by atoms with Gasteiger partial charge in [0.25, 0.3) is 5.91 Å². The molecule has 0 aliphatic carbocycles. The Morgan fingerprint density at radius 2 is 2.22 bits per heavy atom. The molecule has 6 heteroatoms. The van der Waals surface area contributed by atoms with Gasteiger partial charge in [-0.3, -0.25) is 14.8 Å². The third-order valence-electron chi connectivity index (χ3n) is 3.53. The summed E-state index contributed by atoms with van der Waals surface area (Å²) in [4.78, 5) is 14.3. The molecule has 18 heavy (non-hydrogen) atoms. The Bertz CT molecular complexity index is 422. The second kappa shape index (κ2) is 5.39. The van der Waals surface area contributed by atoms with Gasteiger partial charge >= 0.3 is 0 Å². The standard InChI is InChI=1S/C12H21N5O/c1-8(17-5-3-4-6-17)7-14-12(18)11-10(13)9(2)15-16-11/h8H,3-7,13H2,1-2H3,(H,14,18)(H,15,16). The van der Waals surface area contributed by atoms with Gasteiger partial charge in [0.15, 0.2) is 5.69 Å². The first kappa shape index (κ1) is 12.9. The zero-order chi connectivity index (χ0) is 13.1. The number of hydrogen-bond donors (Lipinski definition) is 3. The van der Waals surface area contributed by atoms with Crippen molar-refractivity contribution >= 4 is 11.6 Å². The average molecular weight is 251 g/mol. The van der Waals surface area contributed by atoms with Gasteiger partial charge in [-0.1, -0.05) is 0 Å². The van der Waals surface area contributed by atoms with Crippen molar-refractivity contribution in [1.29, 1.82) is 0 Å². The van der Waals surface area contributed by atoms with Crippen LogP contribution in [0.3, 0.4) is 0 Å². The summed E-state index contributed by atoms with van der Waals surface area (Å²) in [6.45, 7) is 6.81. The normalized spacial score (nSPS) is 17.9. The number of nitrogen functional groups attached to an aromatic ring is 1. The van der Waals surface area contributed by atoms with E-state index in [9.17, 15) is 4.79 Å². The molecule has 1 aromatic heterocycles. The summed E-state index contributed by atoms with van der Waals surface area (Å²) >= 11 is 0. The molecule has 1 aliphatic heterocycles. The van der Waals surface area contributed by atoms with Crippen molar-refractivity contribution in [1.82, 2.24) is 20.4 Å². The molecule has 1 unspecified atom stereocenters. The third kappa shape index (κ3) is 2.64. The summed E-state index contributed by atoms with van der Waals surface area (Å²) < 4.78 is 0. The fourth-order valence-corrected chi connectivity index (χ4v) is 2.25. The van der Waals surface area contributed by atoms with Crippen molar-refractivity contribution in [3.63, 3.8) is 0 Å². The highest BCUT2D eigenvalue weighted by Crippen LogP contribution is 2.13. The highest BCUT2D eigenvalue weighted by atomic mass is 16.1. The second-order valence-electron chi connectivity index (χ2n) is 4.91. The maximum absolute atomic E-state index is 11.9. The minimum atomic E-state index is -0.206. The molecule has 0 bridgehead atoms. The van der Waals surface area contributed by atoms with Crippen LogP contribution in [0.4, 0.5) is 5.69 Å². The fraction of sp³-hybridized carbons (Fsp3) is 0.667. The van der Waals surface area contributed by atoms with Crippen molar-refractivity contribution in [2.45, 2.75) is 32.7 Å². The Hall–Kier alpha value is -1.56. The Morgan fingerprint density at radius 1 is 1.56 bits per heavy atom. The Balaban J connectivity index is 1.86. The number of nitrogens with one attached hydrogen (secondary N) is 2. The lowest BCUT2D eigenvalue weighted by Crippen LogP contribution is -2.40. The van der Waals surface area contributed by atoms with E-state index in [1.165, 1.54) is 12.8 Å². The van der Waals surface area contributed by atoms with Gasteiger partial charge in [0, 0.05) is 12.6 Å². The molecular formula is C12H21N5O. The number of aromatic amines is 1. The number of rotatable bonds is 4. The largest absolute Gasteiger partial charge is 0.395 e. The Labute approximate surface area is 107 Å². The first-order valence-corrected chi connectivity index (χ1v) is 6.42. The molecule has 1 aromatic rings. The van der Waals surface area contributed by atoms with E-state index < -0.39 is 0 Å². The smallest absolute Gasteiger partial charge is 0.273 e. The van der Waals surface area contributed by atoms with Crippen molar-refractivity contribution in [3.8, 4) is 0 Å². The molecule has 1 amide bonds. The molecule has 4 N–H and O–H groups in total. The molecule has 1 aliphatic rings. The molecule has 0 radical (unpaired) electrons. The molecule has 6 nitrogen and oxygen atoms in total. The van der Waals surface area contributed by atoms with Crippen LogP contribution in [-0.2, 0) is 0 Å². The quantitative estimate of drug-likeness (QED) is 0.728. The molecular weight excluding hydrogens is 230 g/mol. The highest BCUT2D eigenvalue weighted by Gasteiger charge is 2.20. The van der Waals surface area contributed by atoms with Crippen molar-refractivity contribution in [2.24, 2.45) is 0 Å². The number of nitrogens with two attached hydrogens (primary N) is 1. The minimum Gasteiger partial charge on any atom is -0.395 e. The van der Waals surface area contributed by atoms with Crippen LogP contribution in [0, 0.1) is 6.92 Å². The number of amides is 1. The van der Waals surface area contributed by atoms with E-state index in [4.69, 9.17) is 5.73 Å². The summed E-state index contributed by atoms with van der Waals surface area (Å²) in [5, 5.41) is 9.52. The summed E-state index contributed by atoms with van der Waals surface area (Å²) in [5.41, 5.74) is 7.22. The molecule has 1 atom stereocenters. The van der Waals surface area contributed by atoms with Gasteiger partial charge in [0.1, 0.15) is 0 Å². The average Bonchev–Trinajstić information content (AvgIpc) is 2.98. The number of carbonyl (C=O) groups excluding carboxylic acids is 1. The molecule has 100 valence electrons. The van der Waals surface area contributed by atoms with Crippen molar-refractivity contribution < 1.29 is 4.79 Å². The van der Waals surface area contributed by atoms with Gasteiger partial charge in [-0.15, -0.1) is 0 Å². The molecule has 0 aromatic carbocycles. The predicted octanol–water partition coefficient (Wildman–Crippen LogP) is 0.514. The monoisotopic (exact) mass is 251 g/mol. The van der Waals surface area contributed by atoms with E-state index in [0.717, 1.165) is 18.8 Å². The molecule has 2 rings (SSSR count). The number of nitrogens with zero attached hydrogens (tertiary/aromatic N) is 2. The van der Waals surface area contributed by atoms with E-state index in [0.29, 0.717) is 24.0 Å². The maximum Gasteiger partial charge on any atom is 0.273 e. The predicted molar refractivity (Wildman–Crippen MR) is 70.3 cm³/mol. The van der Waals surface area contributed by atoms with Crippen LogP contribution in [-0.4, -0.2) is 46.7 Å². The number of aromatic nitrogens is 2. The number of likely N-dealkylation sites (tertiary alicyclic amines) is 1. The van der Waals surface area contributed by atoms with Crippen LogP contribution in [0.1, 0.15) is 35.9 Å². The zero-order valence-electron chi connectivity index (χ0n) is 11.0. The molecule has 1 saturated heterocycles. The first-order valence-electron chi connectivity index (χ1n) is 6.42. The van der Waals surface area contributed by atoms with Gasteiger partial charge in [0.2, 0.25) is 0 Å². The lowest BCUT2D eigenvalue weighted by Gasteiger charge is -2.23. The van der Waals surface area contributed by atoms with E-state index in [2.05, 4.69) is 27.3 Å². The van der Waals surface area contributed by atoms with Crippen LogP contribution in [0.5, 0.6) is 0 Å². The van der Waals surface area contributed by atoms with Gasteiger partial charge < -0.3 is 11.1 Å². The topological polar surface area (TPSA) is 87.0 Å². The van der Waals surface area contributed by atoms with Crippen molar-refractivity contribution in [2.75, 3.05) is 25.4 Å². The lowest BCUT2D eigenvalue weighted by molar-refractivity contribution is 0.0936. The van der Waals surface area contributed by atoms with E-state index in [1.54, 1.807) is 6.92 Å². The summed E-state index contributed by atoms with van der Waals surface area (Å²) in [7, 11) is 0. The maximum atomic E-state index is 11.9. The zero-order valence-corrected chi connectivity index (χ0v) is 11.0. The SMILES string of the molecule is Cc1[nH]nc(C(=O)NCC(C)N2CCCC2)c1N. The highest BCUT2D eigenvalue weighted by molar-refractivity contribution is 5.97. The van der Waals surface area contributed by atoms with Gasteiger partial charge in [0.05, 0.1) is 11.4 Å².